The smallest absolute Gasteiger partial charge is 0.0703 e. The third-order valence-electron chi connectivity index (χ3n) is 4.40. The molecule has 3 heteroatoms. The molecule has 0 aliphatic heterocycles. The summed E-state index contributed by atoms with van der Waals surface area (Å²) in [7, 11) is 2.01. The van der Waals surface area contributed by atoms with Crippen molar-refractivity contribution < 1.29 is 0 Å². The summed E-state index contributed by atoms with van der Waals surface area (Å²) in [4.78, 5) is 0. The van der Waals surface area contributed by atoms with Gasteiger partial charge in [-0.1, -0.05) is 31.0 Å². The monoisotopic (exact) mass is 276 g/mol. The van der Waals surface area contributed by atoms with E-state index < -0.39 is 0 Å². The third kappa shape index (κ3) is 2.64. The van der Waals surface area contributed by atoms with Crippen LogP contribution in [0.4, 0.5) is 0 Å². The average Bonchev–Trinajstić information content (AvgIpc) is 3.06. The second-order valence-electron chi connectivity index (χ2n) is 5.69. The van der Waals surface area contributed by atoms with Crippen LogP contribution in [0.15, 0.2) is 24.3 Å². The van der Waals surface area contributed by atoms with Crippen LogP contribution in [0.2, 0.25) is 0 Å². The summed E-state index contributed by atoms with van der Waals surface area (Å²) in [6.07, 6.45) is 7.40. The van der Waals surface area contributed by atoms with Gasteiger partial charge < -0.3 is 0 Å². The summed E-state index contributed by atoms with van der Waals surface area (Å²) in [5, 5.41) is 6.25. The van der Waals surface area contributed by atoms with Gasteiger partial charge in [0.2, 0.25) is 0 Å². The molecule has 0 spiro atoms. The maximum absolute atomic E-state index is 6.56. The molecule has 1 saturated carbocycles. The van der Waals surface area contributed by atoms with E-state index in [0.29, 0.717) is 5.38 Å². The Hall–Kier alpha value is -1.02. The molecule has 0 N–H and O–H groups in total. The fraction of sp³-hybridized carbons (Fsp3) is 0.562. The third-order valence-corrected chi connectivity index (χ3v) is 4.98. The summed E-state index contributed by atoms with van der Waals surface area (Å²) >= 11 is 6.56. The van der Waals surface area contributed by atoms with Crippen LogP contribution in [0, 0.1) is 5.92 Å². The van der Waals surface area contributed by atoms with Crippen LogP contribution < -0.4 is 0 Å². The van der Waals surface area contributed by atoms with Crippen molar-refractivity contribution in [3.63, 3.8) is 0 Å². The van der Waals surface area contributed by atoms with E-state index in [4.69, 9.17) is 11.6 Å². The van der Waals surface area contributed by atoms with Gasteiger partial charge in [0.1, 0.15) is 0 Å². The molecule has 1 atom stereocenters. The number of hydrogen-bond acceptors (Lipinski definition) is 1. The Balaban J connectivity index is 1.71. The first kappa shape index (κ1) is 13.0. The largest absolute Gasteiger partial charge is 0.268 e. The highest BCUT2D eigenvalue weighted by Crippen LogP contribution is 2.33. The fourth-order valence-corrected chi connectivity index (χ4v) is 3.66. The molecule has 2 nitrogen and oxygen atoms in total. The zero-order valence-electron chi connectivity index (χ0n) is 11.5. The van der Waals surface area contributed by atoms with Gasteiger partial charge in [-0.2, -0.15) is 5.10 Å². The van der Waals surface area contributed by atoms with Crippen LogP contribution >= 0.6 is 11.6 Å². The first-order valence-electron chi connectivity index (χ1n) is 7.30. The molecule has 1 aliphatic rings. The van der Waals surface area contributed by atoms with Gasteiger partial charge in [0.25, 0.3) is 0 Å². The van der Waals surface area contributed by atoms with E-state index >= 15 is 0 Å². The molecule has 0 amide bonds. The van der Waals surface area contributed by atoms with Crippen molar-refractivity contribution in [1.82, 2.24) is 9.78 Å². The molecule has 19 heavy (non-hydrogen) atoms. The minimum Gasteiger partial charge on any atom is -0.268 e. The number of rotatable bonds is 4. The number of halogens is 1. The first-order chi connectivity index (χ1) is 9.25. The van der Waals surface area contributed by atoms with E-state index in [9.17, 15) is 0 Å². The fourth-order valence-electron chi connectivity index (χ4n) is 3.30. The highest BCUT2D eigenvalue weighted by atomic mass is 35.5. The molecule has 1 fully saturated rings. The van der Waals surface area contributed by atoms with Crippen LogP contribution in [0.25, 0.3) is 10.9 Å². The van der Waals surface area contributed by atoms with Gasteiger partial charge in [-0.15, -0.1) is 11.6 Å². The molecule has 2 aromatic rings. The predicted octanol–water partition coefficient (Wildman–Crippen LogP) is 4.30. The van der Waals surface area contributed by atoms with E-state index in [0.717, 1.165) is 18.8 Å². The van der Waals surface area contributed by atoms with Crippen LogP contribution in [0.3, 0.4) is 0 Å². The molecule has 102 valence electrons. The minimum absolute atomic E-state index is 0.322. The van der Waals surface area contributed by atoms with Crippen LogP contribution in [-0.2, 0) is 13.5 Å². The van der Waals surface area contributed by atoms with Gasteiger partial charge in [0, 0.05) is 17.8 Å². The summed E-state index contributed by atoms with van der Waals surface area (Å²) < 4.78 is 1.98. The van der Waals surface area contributed by atoms with Gasteiger partial charge in [-0.25, -0.2) is 0 Å². The molecule has 0 saturated heterocycles. The second-order valence-corrected chi connectivity index (χ2v) is 6.25. The molecule has 1 aromatic carbocycles. The molecular formula is C16H21ClN2. The maximum Gasteiger partial charge on any atom is 0.0703 e. The van der Waals surface area contributed by atoms with E-state index in [-0.39, 0.29) is 0 Å². The molecule has 1 heterocycles. The van der Waals surface area contributed by atoms with Gasteiger partial charge in [-0.3, -0.25) is 4.68 Å². The topological polar surface area (TPSA) is 17.8 Å². The molecule has 1 aliphatic carbocycles. The molecule has 1 aromatic heterocycles. The Morgan fingerprint density at radius 2 is 2.05 bits per heavy atom. The van der Waals surface area contributed by atoms with E-state index in [1.165, 1.54) is 42.3 Å². The average molecular weight is 277 g/mol. The lowest BCUT2D eigenvalue weighted by atomic mass is 9.98. The summed E-state index contributed by atoms with van der Waals surface area (Å²) in [5.41, 5.74) is 2.41. The number of para-hydroxylation sites is 1. The number of alkyl halides is 1. The van der Waals surface area contributed by atoms with Gasteiger partial charge in [0.15, 0.2) is 0 Å². The lowest BCUT2D eigenvalue weighted by Crippen LogP contribution is -2.12. The number of aryl methyl sites for hydroxylation is 2. The number of benzene rings is 1. The van der Waals surface area contributed by atoms with Gasteiger partial charge >= 0.3 is 0 Å². The Morgan fingerprint density at radius 1 is 1.32 bits per heavy atom. The molecule has 3 rings (SSSR count). The Morgan fingerprint density at radius 3 is 2.84 bits per heavy atom. The van der Waals surface area contributed by atoms with Crippen molar-refractivity contribution in [3.8, 4) is 0 Å². The lowest BCUT2D eigenvalue weighted by Gasteiger charge is -2.15. The SMILES string of the molecule is Cn1nc(CCC(Cl)C2CCCC2)c2ccccc21. The van der Waals surface area contributed by atoms with Crippen molar-refractivity contribution in [2.45, 2.75) is 43.9 Å². The maximum atomic E-state index is 6.56. The van der Waals surface area contributed by atoms with Crippen molar-refractivity contribution in [1.29, 1.82) is 0 Å². The lowest BCUT2D eigenvalue weighted by molar-refractivity contribution is 0.490. The van der Waals surface area contributed by atoms with Crippen molar-refractivity contribution >= 4 is 22.5 Å². The second kappa shape index (κ2) is 5.54. The quantitative estimate of drug-likeness (QED) is 0.761. The van der Waals surface area contributed by atoms with Crippen molar-refractivity contribution in [3.05, 3.63) is 30.0 Å². The van der Waals surface area contributed by atoms with Crippen LogP contribution in [0.1, 0.15) is 37.8 Å². The molecule has 1 unspecified atom stereocenters. The standard InChI is InChI=1S/C16H21ClN2/c1-19-16-9-5-4-8-13(16)15(18-19)11-10-14(17)12-6-2-3-7-12/h4-5,8-9,12,14H,2-3,6-7,10-11H2,1H3. The van der Waals surface area contributed by atoms with E-state index in [2.05, 4.69) is 29.4 Å². The summed E-state index contributed by atoms with van der Waals surface area (Å²) in [5.74, 6) is 0.733. The summed E-state index contributed by atoms with van der Waals surface area (Å²) in [6, 6.07) is 8.44. The molecular weight excluding hydrogens is 256 g/mol. The zero-order valence-corrected chi connectivity index (χ0v) is 12.2. The van der Waals surface area contributed by atoms with E-state index in [1.807, 2.05) is 11.7 Å². The van der Waals surface area contributed by atoms with Gasteiger partial charge in [-0.05, 0) is 37.7 Å². The van der Waals surface area contributed by atoms with Crippen LogP contribution in [-0.4, -0.2) is 15.2 Å². The van der Waals surface area contributed by atoms with Gasteiger partial charge in [0.05, 0.1) is 11.2 Å². The van der Waals surface area contributed by atoms with E-state index in [1.54, 1.807) is 0 Å². The number of aromatic nitrogens is 2. The predicted molar refractivity (Wildman–Crippen MR) is 80.6 cm³/mol. The molecule has 0 bridgehead atoms. The van der Waals surface area contributed by atoms with Crippen molar-refractivity contribution in [2.24, 2.45) is 13.0 Å². The summed E-state index contributed by atoms with van der Waals surface area (Å²) in [6.45, 7) is 0. The highest BCUT2D eigenvalue weighted by Gasteiger charge is 2.23. The minimum atomic E-state index is 0.322. The Labute approximate surface area is 119 Å². The highest BCUT2D eigenvalue weighted by molar-refractivity contribution is 6.20. The number of fused-ring (bicyclic) bond motifs is 1. The number of nitrogens with zero attached hydrogens (tertiary/aromatic N) is 2. The van der Waals surface area contributed by atoms with Crippen molar-refractivity contribution in [2.75, 3.05) is 0 Å². The number of hydrogen-bond donors (Lipinski definition) is 0. The Bertz CT molecular complexity index is 555. The van der Waals surface area contributed by atoms with Crippen LogP contribution in [0.5, 0.6) is 0 Å². The Kier molecular flexibility index (Phi) is 3.79. The zero-order chi connectivity index (χ0) is 13.2. The molecule has 0 radical (unpaired) electrons. The normalized spacial score (nSPS) is 18.2. The first-order valence-corrected chi connectivity index (χ1v) is 7.74.